The quantitative estimate of drug-likeness (QED) is 0.873. The highest BCUT2D eigenvalue weighted by atomic mass is 32.2. The van der Waals surface area contributed by atoms with Crippen LogP contribution in [0.5, 0.6) is 0 Å². The molecule has 0 amide bonds. The molecule has 19 heavy (non-hydrogen) atoms. The molecule has 1 fully saturated rings. The van der Waals surface area contributed by atoms with Crippen molar-refractivity contribution in [3.8, 4) is 0 Å². The van der Waals surface area contributed by atoms with Crippen molar-refractivity contribution in [1.82, 2.24) is 4.31 Å². The van der Waals surface area contributed by atoms with Crippen LogP contribution < -0.4 is 0 Å². The number of nitrogens with zero attached hydrogens (tertiary/aromatic N) is 1. The van der Waals surface area contributed by atoms with E-state index >= 15 is 0 Å². The molecule has 1 aromatic rings. The van der Waals surface area contributed by atoms with E-state index in [0.717, 1.165) is 16.4 Å². The summed E-state index contributed by atoms with van der Waals surface area (Å²) >= 11 is 0. The smallest absolute Gasteiger partial charge is 0.246 e. The van der Waals surface area contributed by atoms with Crippen LogP contribution in [0.25, 0.3) is 0 Å². The van der Waals surface area contributed by atoms with Gasteiger partial charge < -0.3 is 9.84 Å². The maximum absolute atomic E-state index is 13.5. The van der Waals surface area contributed by atoms with Gasteiger partial charge in [-0.1, -0.05) is 0 Å². The summed E-state index contributed by atoms with van der Waals surface area (Å²) in [5.74, 6) is -1.83. The summed E-state index contributed by atoms with van der Waals surface area (Å²) in [5, 5.41) is 8.96. The molecule has 8 heteroatoms. The number of halogens is 2. The van der Waals surface area contributed by atoms with Crippen LogP contribution in [0.1, 0.15) is 0 Å². The van der Waals surface area contributed by atoms with Crippen molar-refractivity contribution in [2.45, 2.75) is 11.0 Å². The predicted octanol–water partition coefficient (Wildman–Crippen LogP) is 0.347. The first-order chi connectivity index (χ1) is 8.95. The van der Waals surface area contributed by atoms with E-state index in [9.17, 15) is 17.2 Å². The molecule has 1 aliphatic rings. The van der Waals surface area contributed by atoms with Crippen LogP contribution in [0, 0.1) is 11.6 Å². The van der Waals surface area contributed by atoms with E-state index in [1.165, 1.54) is 0 Å². The molecule has 1 aromatic carbocycles. The van der Waals surface area contributed by atoms with Gasteiger partial charge in [0.05, 0.1) is 19.3 Å². The molecule has 0 bridgehead atoms. The number of morpholine rings is 1. The van der Waals surface area contributed by atoms with Crippen molar-refractivity contribution < 1.29 is 27.0 Å². The Kier molecular flexibility index (Phi) is 4.14. The van der Waals surface area contributed by atoms with Crippen molar-refractivity contribution >= 4 is 10.0 Å². The molecule has 1 aliphatic heterocycles. The molecule has 0 radical (unpaired) electrons. The van der Waals surface area contributed by atoms with Crippen molar-refractivity contribution in [2.75, 3.05) is 26.3 Å². The first-order valence-corrected chi connectivity index (χ1v) is 7.07. The molecule has 1 heterocycles. The number of sulfonamides is 1. The van der Waals surface area contributed by atoms with Crippen molar-refractivity contribution in [3.05, 3.63) is 29.8 Å². The monoisotopic (exact) mass is 293 g/mol. The first-order valence-electron chi connectivity index (χ1n) is 5.63. The summed E-state index contributed by atoms with van der Waals surface area (Å²) in [6.07, 6.45) is -0.653. The number of aliphatic hydroxyl groups excluding tert-OH is 1. The molecule has 1 atom stereocenters. The van der Waals surface area contributed by atoms with E-state index < -0.39 is 32.7 Å². The average molecular weight is 293 g/mol. The van der Waals surface area contributed by atoms with Gasteiger partial charge in [-0.3, -0.25) is 0 Å². The Balaban J connectivity index is 2.34. The van der Waals surface area contributed by atoms with E-state index in [2.05, 4.69) is 0 Å². The molecular weight excluding hydrogens is 280 g/mol. The van der Waals surface area contributed by atoms with Gasteiger partial charge in [0.15, 0.2) is 0 Å². The summed E-state index contributed by atoms with van der Waals surface area (Å²) < 4.78 is 57.1. The van der Waals surface area contributed by atoms with Gasteiger partial charge in [-0.05, 0) is 18.2 Å². The van der Waals surface area contributed by atoms with E-state index in [4.69, 9.17) is 9.84 Å². The lowest BCUT2D eigenvalue weighted by atomic mass is 10.3. The average Bonchev–Trinajstić information content (AvgIpc) is 2.41. The lowest BCUT2D eigenvalue weighted by Gasteiger charge is -2.31. The highest BCUT2D eigenvalue weighted by molar-refractivity contribution is 7.89. The molecule has 5 nitrogen and oxygen atoms in total. The topological polar surface area (TPSA) is 66.8 Å². The summed E-state index contributed by atoms with van der Waals surface area (Å²) in [6, 6.07) is 2.27. The minimum Gasteiger partial charge on any atom is -0.394 e. The second-order valence-corrected chi connectivity index (χ2v) is 6.02. The largest absolute Gasteiger partial charge is 0.394 e. The van der Waals surface area contributed by atoms with Crippen molar-refractivity contribution in [2.24, 2.45) is 0 Å². The second-order valence-electron chi connectivity index (χ2n) is 4.11. The Morgan fingerprint density at radius 3 is 2.84 bits per heavy atom. The van der Waals surface area contributed by atoms with Gasteiger partial charge >= 0.3 is 0 Å². The maximum Gasteiger partial charge on any atom is 0.246 e. The van der Waals surface area contributed by atoms with Gasteiger partial charge in [0.1, 0.15) is 16.5 Å². The summed E-state index contributed by atoms with van der Waals surface area (Å²) in [5.41, 5.74) is 0. The van der Waals surface area contributed by atoms with E-state index in [-0.39, 0.29) is 26.3 Å². The predicted molar refractivity (Wildman–Crippen MR) is 61.9 cm³/mol. The second kappa shape index (κ2) is 5.49. The summed E-state index contributed by atoms with van der Waals surface area (Å²) in [7, 11) is -4.13. The number of benzene rings is 1. The van der Waals surface area contributed by atoms with Crippen LogP contribution in [0.15, 0.2) is 23.1 Å². The van der Waals surface area contributed by atoms with Crippen molar-refractivity contribution in [3.63, 3.8) is 0 Å². The molecule has 1 saturated heterocycles. The SMILES string of the molecule is O=S(=O)(c1cc(F)ccc1F)N1CCOC(CO)C1. The Morgan fingerprint density at radius 1 is 1.42 bits per heavy atom. The van der Waals surface area contributed by atoms with E-state index in [1.807, 2.05) is 0 Å². The summed E-state index contributed by atoms with van der Waals surface area (Å²) in [4.78, 5) is -0.703. The van der Waals surface area contributed by atoms with Crippen LogP contribution in [0.3, 0.4) is 0 Å². The Bertz CT molecular complexity index is 564. The standard InChI is InChI=1S/C11H13F2NO4S/c12-8-1-2-10(13)11(5-8)19(16,17)14-3-4-18-9(6-14)7-15/h1-2,5,9,15H,3-4,6-7H2. The zero-order chi connectivity index (χ0) is 14.0. The van der Waals surface area contributed by atoms with Gasteiger partial charge in [0.2, 0.25) is 10.0 Å². The molecule has 0 aromatic heterocycles. The molecule has 1 unspecified atom stereocenters. The third kappa shape index (κ3) is 2.92. The fourth-order valence-electron chi connectivity index (χ4n) is 1.84. The zero-order valence-electron chi connectivity index (χ0n) is 9.92. The third-order valence-electron chi connectivity index (χ3n) is 2.82. The number of ether oxygens (including phenoxy) is 1. The Morgan fingerprint density at radius 2 is 2.16 bits per heavy atom. The number of hydrogen-bond acceptors (Lipinski definition) is 4. The normalized spacial score (nSPS) is 21.5. The molecule has 106 valence electrons. The van der Waals surface area contributed by atoms with E-state index in [1.54, 1.807) is 0 Å². The van der Waals surface area contributed by atoms with Gasteiger partial charge in [0.25, 0.3) is 0 Å². The van der Waals surface area contributed by atoms with Crippen LogP contribution in [0.2, 0.25) is 0 Å². The van der Waals surface area contributed by atoms with Crippen LogP contribution in [-0.2, 0) is 14.8 Å². The first kappa shape index (κ1) is 14.3. The fraction of sp³-hybridized carbons (Fsp3) is 0.455. The Hall–Kier alpha value is -1.09. The molecule has 0 saturated carbocycles. The summed E-state index contributed by atoms with van der Waals surface area (Å²) in [6.45, 7) is -0.289. The van der Waals surface area contributed by atoms with Crippen LogP contribution >= 0.6 is 0 Å². The van der Waals surface area contributed by atoms with Gasteiger partial charge in [-0.25, -0.2) is 17.2 Å². The van der Waals surface area contributed by atoms with Gasteiger partial charge in [-0.15, -0.1) is 0 Å². The van der Waals surface area contributed by atoms with Crippen LogP contribution in [0.4, 0.5) is 8.78 Å². The number of rotatable bonds is 3. The van der Waals surface area contributed by atoms with Crippen molar-refractivity contribution in [1.29, 1.82) is 0 Å². The van der Waals surface area contributed by atoms with Crippen LogP contribution in [-0.4, -0.2) is 50.2 Å². The molecule has 2 rings (SSSR count). The third-order valence-corrected chi connectivity index (χ3v) is 4.70. The Labute approximate surface area is 109 Å². The maximum atomic E-state index is 13.5. The van der Waals surface area contributed by atoms with Gasteiger partial charge in [-0.2, -0.15) is 4.31 Å². The van der Waals surface area contributed by atoms with Gasteiger partial charge in [0, 0.05) is 13.1 Å². The highest BCUT2D eigenvalue weighted by Gasteiger charge is 2.32. The lowest BCUT2D eigenvalue weighted by Crippen LogP contribution is -2.46. The molecule has 0 spiro atoms. The zero-order valence-corrected chi connectivity index (χ0v) is 10.7. The molecule has 1 N–H and O–H groups in total. The lowest BCUT2D eigenvalue weighted by molar-refractivity contribution is -0.0305. The minimum atomic E-state index is -4.13. The molecular formula is C11H13F2NO4S. The van der Waals surface area contributed by atoms with E-state index in [0.29, 0.717) is 6.07 Å². The minimum absolute atomic E-state index is 0.0365. The molecule has 0 aliphatic carbocycles. The number of hydrogen-bond donors (Lipinski definition) is 1. The highest BCUT2D eigenvalue weighted by Crippen LogP contribution is 2.22. The number of aliphatic hydroxyl groups is 1. The fourth-order valence-corrected chi connectivity index (χ4v) is 3.37.